The molecular formula is C11H14F2N2O2. The first kappa shape index (κ1) is 13.4. The molecule has 0 aliphatic heterocycles. The predicted molar refractivity (Wildman–Crippen MR) is 59.7 cm³/mol. The second kappa shape index (κ2) is 6.15. The van der Waals surface area contributed by atoms with Gasteiger partial charge in [0.2, 0.25) is 0 Å². The lowest BCUT2D eigenvalue weighted by atomic mass is 10.2. The number of hydrogen-bond acceptors (Lipinski definition) is 2. The first-order valence-corrected chi connectivity index (χ1v) is 5.16. The fourth-order valence-electron chi connectivity index (χ4n) is 1.24. The summed E-state index contributed by atoms with van der Waals surface area (Å²) in [7, 11) is 0. The van der Waals surface area contributed by atoms with E-state index in [4.69, 9.17) is 5.11 Å². The van der Waals surface area contributed by atoms with Crippen LogP contribution in [0.4, 0.5) is 19.3 Å². The Morgan fingerprint density at radius 2 is 2.18 bits per heavy atom. The van der Waals surface area contributed by atoms with Crippen LogP contribution < -0.4 is 10.6 Å². The summed E-state index contributed by atoms with van der Waals surface area (Å²) in [6.45, 7) is 1.66. The van der Waals surface area contributed by atoms with Crippen LogP contribution in [0.25, 0.3) is 0 Å². The minimum Gasteiger partial charge on any atom is -0.396 e. The van der Waals surface area contributed by atoms with Crippen LogP contribution in [0.2, 0.25) is 0 Å². The molecule has 0 aromatic heterocycles. The third-order valence-electron chi connectivity index (χ3n) is 2.12. The van der Waals surface area contributed by atoms with Crippen molar-refractivity contribution < 1.29 is 18.7 Å². The van der Waals surface area contributed by atoms with Gasteiger partial charge in [-0.2, -0.15) is 0 Å². The van der Waals surface area contributed by atoms with E-state index in [1.807, 2.05) is 0 Å². The molecule has 3 N–H and O–H groups in total. The number of carbonyl (C=O) groups is 1. The van der Waals surface area contributed by atoms with Crippen molar-refractivity contribution in [1.82, 2.24) is 5.32 Å². The van der Waals surface area contributed by atoms with Gasteiger partial charge in [-0.25, -0.2) is 13.6 Å². The third-order valence-corrected chi connectivity index (χ3v) is 2.12. The number of halogens is 2. The lowest BCUT2D eigenvalue weighted by molar-refractivity contribution is 0.241. The zero-order valence-electron chi connectivity index (χ0n) is 9.34. The number of carbonyl (C=O) groups excluding carboxylic acids is 1. The Labute approximate surface area is 97.6 Å². The fourth-order valence-corrected chi connectivity index (χ4v) is 1.24. The average Bonchev–Trinajstić information content (AvgIpc) is 2.22. The number of aliphatic hydroxyl groups excluding tert-OH is 1. The van der Waals surface area contributed by atoms with Crippen LogP contribution in [-0.2, 0) is 0 Å². The van der Waals surface area contributed by atoms with Crippen molar-refractivity contribution >= 4 is 11.7 Å². The number of nitrogens with one attached hydrogen (secondary N) is 2. The minimum atomic E-state index is -0.838. The van der Waals surface area contributed by atoms with E-state index in [2.05, 4.69) is 10.6 Å². The third kappa shape index (κ3) is 4.36. The van der Waals surface area contributed by atoms with Crippen molar-refractivity contribution in [2.45, 2.75) is 19.4 Å². The smallest absolute Gasteiger partial charge is 0.319 e. The van der Waals surface area contributed by atoms with E-state index in [1.54, 1.807) is 6.92 Å². The SMILES string of the molecule is C[C@H](CCO)NC(=O)Nc1ccc(F)cc1F. The topological polar surface area (TPSA) is 61.4 Å². The van der Waals surface area contributed by atoms with E-state index < -0.39 is 17.7 Å². The van der Waals surface area contributed by atoms with Gasteiger partial charge in [0.1, 0.15) is 11.6 Å². The Bertz CT molecular complexity index is 399. The van der Waals surface area contributed by atoms with Crippen molar-refractivity contribution in [3.8, 4) is 0 Å². The van der Waals surface area contributed by atoms with Crippen LogP contribution >= 0.6 is 0 Å². The van der Waals surface area contributed by atoms with Crippen molar-refractivity contribution in [2.75, 3.05) is 11.9 Å². The fraction of sp³-hybridized carbons (Fsp3) is 0.364. The normalized spacial score (nSPS) is 12.0. The van der Waals surface area contributed by atoms with Crippen LogP contribution in [0.5, 0.6) is 0 Å². The predicted octanol–water partition coefficient (Wildman–Crippen LogP) is 1.86. The average molecular weight is 244 g/mol. The first-order valence-electron chi connectivity index (χ1n) is 5.16. The summed E-state index contributed by atoms with van der Waals surface area (Å²) in [6.07, 6.45) is 0.402. The molecule has 0 bridgehead atoms. The Morgan fingerprint density at radius 1 is 1.47 bits per heavy atom. The molecule has 0 saturated carbocycles. The highest BCUT2D eigenvalue weighted by atomic mass is 19.1. The van der Waals surface area contributed by atoms with E-state index in [0.29, 0.717) is 12.5 Å². The molecule has 4 nitrogen and oxygen atoms in total. The summed E-state index contributed by atoms with van der Waals surface area (Å²) in [5, 5.41) is 13.4. The van der Waals surface area contributed by atoms with Crippen LogP contribution in [0.1, 0.15) is 13.3 Å². The number of aliphatic hydroxyl groups is 1. The van der Waals surface area contributed by atoms with Crippen LogP contribution in [0.15, 0.2) is 18.2 Å². The van der Waals surface area contributed by atoms with Crippen molar-refractivity contribution in [2.24, 2.45) is 0 Å². The summed E-state index contributed by atoms with van der Waals surface area (Å²) >= 11 is 0. The molecule has 1 rings (SSSR count). The number of anilines is 1. The quantitative estimate of drug-likeness (QED) is 0.757. The molecule has 0 radical (unpaired) electrons. The highest BCUT2D eigenvalue weighted by Crippen LogP contribution is 2.14. The number of hydrogen-bond donors (Lipinski definition) is 3. The number of benzene rings is 1. The molecule has 0 heterocycles. The molecule has 2 amide bonds. The van der Waals surface area contributed by atoms with Crippen LogP contribution in [0, 0.1) is 11.6 Å². The van der Waals surface area contributed by atoms with Gasteiger partial charge < -0.3 is 15.7 Å². The van der Waals surface area contributed by atoms with Crippen molar-refractivity contribution in [3.05, 3.63) is 29.8 Å². The molecule has 6 heteroatoms. The summed E-state index contributed by atoms with van der Waals surface area (Å²) in [4.78, 5) is 11.4. The maximum Gasteiger partial charge on any atom is 0.319 e. The van der Waals surface area contributed by atoms with Gasteiger partial charge in [-0.15, -0.1) is 0 Å². The molecule has 1 aromatic rings. The van der Waals surface area contributed by atoms with Gasteiger partial charge >= 0.3 is 6.03 Å². The highest BCUT2D eigenvalue weighted by Gasteiger charge is 2.09. The van der Waals surface area contributed by atoms with Crippen LogP contribution in [-0.4, -0.2) is 23.8 Å². The molecule has 0 aliphatic carbocycles. The maximum atomic E-state index is 13.2. The van der Waals surface area contributed by atoms with Gasteiger partial charge in [-0.1, -0.05) is 0 Å². The summed E-state index contributed by atoms with van der Waals surface area (Å²) < 4.78 is 25.8. The molecule has 0 aliphatic rings. The van der Waals surface area contributed by atoms with Gasteiger partial charge in [0.25, 0.3) is 0 Å². The minimum absolute atomic E-state index is 0.0492. The first-order chi connectivity index (χ1) is 8.02. The second-order valence-corrected chi connectivity index (χ2v) is 3.64. The van der Waals surface area contributed by atoms with E-state index in [1.165, 1.54) is 0 Å². The zero-order chi connectivity index (χ0) is 12.8. The molecule has 0 fully saturated rings. The van der Waals surface area contributed by atoms with E-state index in [-0.39, 0.29) is 18.3 Å². The lowest BCUT2D eigenvalue weighted by Crippen LogP contribution is -2.36. The van der Waals surface area contributed by atoms with Gasteiger partial charge in [0.15, 0.2) is 0 Å². The van der Waals surface area contributed by atoms with Crippen molar-refractivity contribution in [3.63, 3.8) is 0 Å². The molecule has 0 spiro atoms. The van der Waals surface area contributed by atoms with Gasteiger partial charge in [0, 0.05) is 18.7 Å². The molecule has 1 aromatic carbocycles. The van der Waals surface area contributed by atoms with E-state index >= 15 is 0 Å². The molecule has 17 heavy (non-hydrogen) atoms. The number of rotatable bonds is 4. The van der Waals surface area contributed by atoms with Gasteiger partial charge in [-0.05, 0) is 25.5 Å². The summed E-state index contributed by atoms with van der Waals surface area (Å²) in [5.41, 5.74) is -0.0971. The Balaban J connectivity index is 2.56. The zero-order valence-corrected chi connectivity index (χ0v) is 9.34. The second-order valence-electron chi connectivity index (χ2n) is 3.64. The largest absolute Gasteiger partial charge is 0.396 e. The van der Waals surface area contributed by atoms with Gasteiger partial charge in [0.05, 0.1) is 5.69 Å². The number of amides is 2. The highest BCUT2D eigenvalue weighted by molar-refractivity contribution is 5.89. The molecule has 1 atom stereocenters. The molecule has 94 valence electrons. The maximum absolute atomic E-state index is 13.2. The lowest BCUT2D eigenvalue weighted by Gasteiger charge is -2.13. The molecule has 0 unspecified atom stereocenters. The van der Waals surface area contributed by atoms with Crippen molar-refractivity contribution in [1.29, 1.82) is 0 Å². The van der Waals surface area contributed by atoms with E-state index in [0.717, 1.165) is 12.1 Å². The molecular weight excluding hydrogens is 230 g/mol. The van der Waals surface area contributed by atoms with Gasteiger partial charge in [-0.3, -0.25) is 0 Å². The summed E-state index contributed by atoms with van der Waals surface area (Å²) in [5.74, 6) is -1.54. The van der Waals surface area contributed by atoms with E-state index in [9.17, 15) is 13.6 Å². The molecule has 0 saturated heterocycles. The van der Waals surface area contributed by atoms with Crippen LogP contribution in [0.3, 0.4) is 0 Å². The summed E-state index contributed by atoms with van der Waals surface area (Å²) in [6, 6.07) is 2.05. The Kier molecular flexibility index (Phi) is 4.84. The Hall–Kier alpha value is -1.69. The standard InChI is InChI=1S/C11H14F2N2O2/c1-7(4-5-16)14-11(17)15-10-3-2-8(12)6-9(10)13/h2-3,6-7,16H,4-5H2,1H3,(H2,14,15,17)/t7-/m1/s1. The monoisotopic (exact) mass is 244 g/mol. The Morgan fingerprint density at radius 3 is 2.76 bits per heavy atom. The number of urea groups is 1.